The highest BCUT2D eigenvalue weighted by molar-refractivity contribution is 7.92. The zero-order chi connectivity index (χ0) is 20.7. The number of ether oxygens (including phenoxy) is 1. The first kappa shape index (κ1) is 21.6. The van der Waals surface area contributed by atoms with E-state index in [4.69, 9.17) is 4.74 Å². The number of nitrogens with one attached hydrogen (secondary N) is 1. The molecule has 0 aromatic heterocycles. The van der Waals surface area contributed by atoms with E-state index in [1.165, 1.54) is 21.9 Å². The van der Waals surface area contributed by atoms with Crippen molar-refractivity contribution in [2.75, 3.05) is 49.6 Å². The molecule has 0 bridgehead atoms. The van der Waals surface area contributed by atoms with Gasteiger partial charge in [-0.1, -0.05) is 0 Å². The van der Waals surface area contributed by atoms with Crippen LogP contribution in [0.25, 0.3) is 0 Å². The van der Waals surface area contributed by atoms with Crippen molar-refractivity contribution in [1.82, 2.24) is 9.80 Å². The van der Waals surface area contributed by atoms with Gasteiger partial charge in [-0.05, 0) is 31.2 Å². The molecule has 1 aliphatic heterocycles. The Morgan fingerprint density at radius 2 is 1.61 bits per heavy atom. The number of piperazine rings is 1. The maximum absolute atomic E-state index is 12.8. The second-order valence-electron chi connectivity index (χ2n) is 6.15. The molecule has 154 valence electrons. The first-order valence-corrected chi connectivity index (χ1v) is 10.5. The van der Waals surface area contributed by atoms with E-state index in [2.05, 4.69) is 5.32 Å². The summed E-state index contributed by atoms with van der Waals surface area (Å²) in [5.74, 6) is -3.59. The summed E-state index contributed by atoms with van der Waals surface area (Å²) in [6, 6.07) is 4.86. The van der Waals surface area contributed by atoms with Crippen LogP contribution in [-0.2, 0) is 24.2 Å². The molecule has 0 saturated carbocycles. The quantitative estimate of drug-likeness (QED) is 0.723. The molecular weight excluding hydrogens is 393 g/mol. The lowest BCUT2D eigenvalue weighted by molar-refractivity contribution is -0.130. The summed E-state index contributed by atoms with van der Waals surface area (Å²) in [5, 5.41) is 2.34. The fraction of sp³-hybridized carbons (Fsp3) is 0.471. The summed E-state index contributed by atoms with van der Waals surface area (Å²) in [6.07, 6.45) is -0.473. The van der Waals surface area contributed by atoms with Crippen molar-refractivity contribution in [3.05, 3.63) is 30.1 Å². The molecule has 1 aromatic rings. The Labute approximate surface area is 162 Å². The van der Waals surface area contributed by atoms with Gasteiger partial charge in [-0.3, -0.25) is 9.59 Å². The molecule has 1 aliphatic rings. The minimum Gasteiger partial charge on any atom is -0.450 e. The second-order valence-corrected chi connectivity index (χ2v) is 8.22. The molecule has 1 N–H and O–H groups in total. The maximum Gasteiger partial charge on any atom is 0.409 e. The lowest BCUT2D eigenvalue weighted by Gasteiger charge is -2.34. The van der Waals surface area contributed by atoms with Crippen molar-refractivity contribution in [1.29, 1.82) is 0 Å². The zero-order valence-corrected chi connectivity index (χ0v) is 16.2. The summed E-state index contributed by atoms with van der Waals surface area (Å²) in [4.78, 5) is 38.5. The standard InChI is InChI=1S/C17H22FN3O6S/c1-2-27-17(24)21-9-7-20(8-10-21)16(23)12-28(25,26)11-15(22)19-14-5-3-13(18)4-6-14/h3-6H,2,7-12H2,1H3,(H,19,22). The third-order valence-electron chi connectivity index (χ3n) is 3.98. The van der Waals surface area contributed by atoms with E-state index in [0.717, 1.165) is 12.1 Å². The lowest BCUT2D eigenvalue weighted by Crippen LogP contribution is -2.52. The van der Waals surface area contributed by atoms with Crippen molar-refractivity contribution >= 4 is 33.4 Å². The van der Waals surface area contributed by atoms with Crippen molar-refractivity contribution in [3.8, 4) is 0 Å². The van der Waals surface area contributed by atoms with Gasteiger partial charge in [0.05, 0.1) is 6.61 Å². The number of anilines is 1. The van der Waals surface area contributed by atoms with Gasteiger partial charge in [0, 0.05) is 31.9 Å². The molecule has 1 saturated heterocycles. The van der Waals surface area contributed by atoms with Crippen LogP contribution < -0.4 is 5.32 Å². The summed E-state index contributed by atoms with van der Waals surface area (Å²) in [5.41, 5.74) is 0.253. The van der Waals surface area contributed by atoms with E-state index in [1.807, 2.05) is 0 Å². The Balaban J connectivity index is 1.83. The molecule has 0 spiro atoms. The number of sulfone groups is 1. The van der Waals surface area contributed by atoms with Gasteiger partial charge in [-0.2, -0.15) is 0 Å². The number of amides is 3. The van der Waals surface area contributed by atoms with Crippen LogP contribution in [0.1, 0.15) is 6.92 Å². The van der Waals surface area contributed by atoms with Gasteiger partial charge in [0.25, 0.3) is 0 Å². The molecule has 2 rings (SSSR count). The third kappa shape index (κ3) is 6.48. The van der Waals surface area contributed by atoms with E-state index < -0.39 is 45.1 Å². The average molecular weight is 415 g/mol. The van der Waals surface area contributed by atoms with E-state index in [9.17, 15) is 27.2 Å². The van der Waals surface area contributed by atoms with Crippen LogP contribution in [-0.4, -0.2) is 80.4 Å². The number of carbonyl (C=O) groups is 3. The molecule has 0 atom stereocenters. The summed E-state index contributed by atoms with van der Waals surface area (Å²) >= 11 is 0. The Kier molecular flexibility index (Phi) is 7.32. The number of benzene rings is 1. The molecule has 3 amide bonds. The van der Waals surface area contributed by atoms with Gasteiger partial charge in [-0.15, -0.1) is 0 Å². The topological polar surface area (TPSA) is 113 Å². The Hall–Kier alpha value is -2.69. The highest BCUT2D eigenvalue weighted by Gasteiger charge is 2.28. The van der Waals surface area contributed by atoms with Crippen LogP contribution in [0, 0.1) is 5.82 Å². The molecule has 1 heterocycles. The normalized spacial score (nSPS) is 14.5. The van der Waals surface area contributed by atoms with Crippen LogP contribution in [0.15, 0.2) is 24.3 Å². The van der Waals surface area contributed by atoms with Crippen LogP contribution >= 0.6 is 0 Å². The summed E-state index contributed by atoms with van der Waals surface area (Å²) < 4.78 is 42.0. The average Bonchev–Trinajstić information content (AvgIpc) is 2.63. The fourth-order valence-corrected chi connectivity index (χ4v) is 3.75. The molecule has 28 heavy (non-hydrogen) atoms. The van der Waals surface area contributed by atoms with Crippen molar-refractivity contribution in [3.63, 3.8) is 0 Å². The fourth-order valence-electron chi connectivity index (χ4n) is 2.61. The first-order chi connectivity index (χ1) is 13.2. The molecule has 0 radical (unpaired) electrons. The number of halogens is 1. The predicted molar refractivity (Wildman–Crippen MR) is 98.9 cm³/mol. The van der Waals surface area contributed by atoms with Gasteiger partial charge in [0.2, 0.25) is 11.8 Å². The van der Waals surface area contributed by atoms with Gasteiger partial charge >= 0.3 is 6.09 Å². The van der Waals surface area contributed by atoms with Gasteiger partial charge in [0.15, 0.2) is 9.84 Å². The summed E-state index contributed by atoms with van der Waals surface area (Å²) in [7, 11) is -3.98. The van der Waals surface area contributed by atoms with E-state index in [-0.39, 0.29) is 38.5 Å². The molecule has 1 aromatic carbocycles. The van der Waals surface area contributed by atoms with Crippen LogP contribution in [0.5, 0.6) is 0 Å². The second kappa shape index (κ2) is 9.49. The molecule has 11 heteroatoms. The third-order valence-corrected chi connectivity index (χ3v) is 5.37. The van der Waals surface area contributed by atoms with Gasteiger partial charge in [-0.25, -0.2) is 17.6 Å². The Morgan fingerprint density at radius 1 is 1.04 bits per heavy atom. The number of nitrogens with zero attached hydrogens (tertiary/aromatic N) is 2. The molecule has 0 aliphatic carbocycles. The minimum atomic E-state index is -3.98. The largest absolute Gasteiger partial charge is 0.450 e. The smallest absolute Gasteiger partial charge is 0.409 e. The van der Waals surface area contributed by atoms with Crippen LogP contribution in [0.3, 0.4) is 0 Å². The molecule has 0 unspecified atom stereocenters. The van der Waals surface area contributed by atoms with E-state index in [1.54, 1.807) is 6.92 Å². The predicted octanol–water partition coefficient (Wildman–Crippen LogP) is 0.480. The highest BCUT2D eigenvalue weighted by Crippen LogP contribution is 2.09. The molecular formula is C17H22FN3O6S. The van der Waals surface area contributed by atoms with Crippen molar-refractivity contribution < 1.29 is 31.9 Å². The zero-order valence-electron chi connectivity index (χ0n) is 15.4. The lowest BCUT2D eigenvalue weighted by atomic mass is 10.3. The SMILES string of the molecule is CCOC(=O)N1CCN(C(=O)CS(=O)(=O)CC(=O)Nc2ccc(F)cc2)CC1. The van der Waals surface area contributed by atoms with Crippen molar-refractivity contribution in [2.24, 2.45) is 0 Å². The van der Waals surface area contributed by atoms with Gasteiger partial charge in [0.1, 0.15) is 17.3 Å². The van der Waals surface area contributed by atoms with E-state index in [0.29, 0.717) is 0 Å². The van der Waals surface area contributed by atoms with Crippen LogP contribution in [0.4, 0.5) is 14.9 Å². The monoisotopic (exact) mass is 415 g/mol. The highest BCUT2D eigenvalue weighted by atomic mass is 32.2. The van der Waals surface area contributed by atoms with E-state index >= 15 is 0 Å². The van der Waals surface area contributed by atoms with Crippen LogP contribution in [0.2, 0.25) is 0 Å². The first-order valence-electron chi connectivity index (χ1n) is 8.65. The number of hydrogen-bond acceptors (Lipinski definition) is 6. The Morgan fingerprint density at radius 3 is 2.18 bits per heavy atom. The number of rotatable bonds is 6. The Bertz CT molecular complexity index is 820. The molecule has 1 fully saturated rings. The molecule has 9 nitrogen and oxygen atoms in total. The maximum atomic E-state index is 12.8. The van der Waals surface area contributed by atoms with Crippen molar-refractivity contribution in [2.45, 2.75) is 6.92 Å². The minimum absolute atomic E-state index is 0.189. The number of hydrogen-bond donors (Lipinski definition) is 1. The number of carbonyl (C=O) groups excluding carboxylic acids is 3. The summed E-state index contributed by atoms with van der Waals surface area (Å²) in [6.45, 7) is 2.81. The van der Waals surface area contributed by atoms with Gasteiger partial charge < -0.3 is 19.9 Å².